The number of pyridine rings is 1. The van der Waals surface area contributed by atoms with Gasteiger partial charge < -0.3 is 5.11 Å². The van der Waals surface area contributed by atoms with Gasteiger partial charge >= 0.3 is 5.97 Å². The van der Waals surface area contributed by atoms with Gasteiger partial charge in [-0.25, -0.2) is 14.2 Å². The lowest BCUT2D eigenvalue weighted by atomic mass is 10.1. The Bertz CT molecular complexity index is 523. The number of carboxylic acids is 1. The van der Waals surface area contributed by atoms with Gasteiger partial charge in [-0.1, -0.05) is 6.07 Å². The molecule has 0 atom stereocenters. The smallest absolute Gasteiger partial charge is 0.354 e. The molecule has 1 aromatic carbocycles. The second-order valence-electron chi connectivity index (χ2n) is 3.22. The summed E-state index contributed by atoms with van der Waals surface area (Å²) in [6.45, 7) is 0. The highest BCUT2D eigenvalue weighted by Gasteiger charge is 2.06. The molecule has 0 bridgehead atoms. The Labute approximate surface area is 91.2 Å². The highest BCUT2D eigenvalue weighted by molar-refractivity contribution is 5.86. The van der Waals surface area contributed by atoms with E-state index in [2.05, 4.69) is 4.98 Å². The van der Waals surface area contributed by atoms with Gasteiger partial charge in [-0.2, -0.15) is 0 Å². The van der Waals surface area contributed by atoms with Crippen molar-refractivity contribution in [3.05, 3.63) is 54.0 Å². The molecule has 1 heterocycles. The monoisotopic (exact) mass is 217 g/mol. The van der Waals surface area contributed by atoms with Gasteiger partial charge in [0.2, 0.25) is 0 Å². The molecule has 0 radical (unpaired) electrons. The third-order valence-electron chi connectivity index (χ3n) is 2.11. The van der Waals surface area contributed by atoms with Crippen molar-refractivity contribution < 1.29 is 14.3 Å². The van der Waals surface area contributed by atoms with Crippen molar-refractivity contribution in [3.63, 3.8) is 0 Å². The average molecular weight is 217 g/mol. The van der Waals surface area contributed by atoms with Crippen LogP contribution in [0.4, 0.5) is 4.39 Å². The minimum Gasteiger partial charge on any atom is -0.477 e. The lowest BCUT2D eigenvalue weighted by molar-refractivity contribution is 0.0690. The first-order valence-corrected chi connectivity index (χ1v) is 4.63. The molecular formula is C12H8FNO2. The number of hydrogen-bond donors (Lipinski definition) is 1. The van der Waals surface area contributed by atoms with Crippen LogP contribution in [0.3, 0.4) is 0 Å². The zero-order chi connectivity index (χ0) is 11.5. The number of carboxylic acid groups (broad SMARTS) is 1. The summed E-state index contributed by atoms with van der Waals surface area (Å²) in [6, 6.07) is 10.4. The predicted octanol–water partition coefficient (Wildman–Crippen LogP) is 2.59. The molecule has 0 aliphatic carbocycles. The molecule has 0 fully saturated rings. The third kappa shape index (κ3) is 2.06. The molecular weight excluding hydrogens is 209 g/mol. The van der Waals surface area contributed by atoms with Crippen LogP contribution < -0.4 is 0 Å². The number of nitrogens with zero attached hydrogens (tertiary/aromatic N) is 1. The molecule has 0 unspecified atom stereocenters. The van der Waals surface area contributed by atoms with Gasteiger partial charge in [0.25, 0.3) is 0 Å². The summed E-state index contributed by atoms with van der Waals surface area (Å²) in [5, 5.41) is 8.78. The van der Waals surface area contributed by atoms with Crippen molar-refractivity contribution in [2.45, 2.75) is 0 Å². The van der Waals surface area contributed by atoms with Crippen LogP contribution in [0.2, 0.25) is 0 Å². The van der Waals surface area contributed by atoms with E-state index in [0.717, 1.165) is 0 Å². The molecule has 2 rings (SSSR count). The molecule has 4 heteroatoms. The van der Waals surface area contributed by atoms with Crippen LogP contribution in [0.1, 0.15) is 10.5 Å². The van der Waals surface area contributed by atoms with Crippen LogP contribution in [0.5, 0.6) is 0 Å². The molecule has 0 saturated heterocycles. The normalized spacial score (nSPS) is 10.1. The van der Waals surface area contributed by atoms with E-state index in [-0.39, 0.29) is 11.5 Å². The molecule has 1 N–H and O–H groups in total. The Morgan fingerprint density at radius 2 is 1.81 bits per heavy atom. The molecule has 0 spiro atoms. The number of carbonyl (C=O) groups is 1. The minimum atomic E-state index is -1.08. The number of hydrogen-bond acceptors (Lipinski definition) is 2. The molecule has 0 amide bonds. The summed E-state index contributed by atoms with van der Waals surface area (Å²) in [6.07, 6.45) is 0. The van der Waals surface area contributed by atoms with Crippen LogP contribution >= 0.6 is 0 Å². The largest absolute Gasteiger partial charge is 0.477 e. The Morgan fingerprint density at radius 3 is 2.44 bits per heavy atom. The minimum absolute atomic E-state index is 0.0261. The Hall–Kier alpha value is -2.23. The predicted molar refractivity (Wildman–Crippen MR) is 56.6 cm³/mol. The van der Waals surface area contributed by atoms with Crippen molar-refractivity contribution in [2.75, 3.05) is 0 Å². The van der Waals surface area contributed by atoms with Gasteiger partial charge in [-0.15, -0.1) is 0 Å². The van der Waals surface area contributed by atoms with E-state index >= 15 is 0 Å². The first kappa shape index (κ1) is 10.3. The fraction of sp³-hybridized carbons (Fsp3) is 0. The van der Waals surface area contributed by atoms with Crippen LogP contribution in [-0.4, -0.2) is 16.1 Å². The number of halogens is 1. The van der Waals surface area contributed by atoms with E-state index in [1.165, 1.54) is 18.2 Å². The summed E-state index contributed by atoms with van der Waals surface area (Å²) in [4.78, 5) is 14.7. The van der Waals surface area contributed by atoms with Crippen molar-refractivity contribution in [1.29, 1.82) is 0 Å². The van der Waals surface area contributed by atoms with E-state index in [0.29, 0.717) is 11.3 Å². The molecule has 80 valence electrons. The fourth-order valence-corrected chi connectivity index (χ4v) is 1.34. The highest BCUT2D eigenvalue weighted by atomic mass is 19.1. The topological polar surface area (TPSA) is 50.2 Å². The molecule has 0 aliphatic rings. The van der Waals surface area contributed by atoms with Crippen molar-refractivity contribution in [2.24, 2.45) is 0 Å². The molecule has 16 heavy (non-hydrogen) atoms. The maximum Gasteiger partial charge on any atom is 0.354 e. The summed E-state index contributed by atoms with van der Waals surface area (Å²) in [5.41, 5.74) is 1.17. The lowest BCUT2D eigenvalue weighted by Crippen LogP contribution is -2.00. The second kappa shape index (κ2) is 4.10. The highest BCUT2D eigenvalue weighted by Crippen LogP contribution is 2.17. The van der Waals surface area contributed by atoms with E-state index in [4.69, 9.17) is 5.11 Å². The van der Waals surface area contributed by atoms with Crippen molar-refractivity contribution in [3.8, 4) is 11.3 Å². The van der Waals surface area contributed by atoms with Crippen LogP contribution in [0, 0.1) is 5.82 Å². The van der Waals surface area contributed by atoms with E-state index in [9.17, 15) is 9.18 Å². The van der Waals surface area contributed by atoms with E-state index < -0.39 is 5.97 Å². The standard InChI is InChI=1S/C12H8FNO2/c13-9-6-4-8(5-7-9)10-2-1-3-11(14-10)12(15)16/h1-7H,(H,15,16). The first-order valence-electron chi connectivity index (χ1n) is 4.63. The Balaban J connectivity index is 2.44. The summed E-state index contributed by atoms with van der Waals surface area (Å²) >= 11 is 0. The van der Waals surface area contributed by atoms with Gasteiger partial charge in [0.15, 0.2) is 0 Å². The third-order valence-corrected chi connectivity index (χ3v) is 2.11. The zero-order valence-electron chi connectivity index (χ0n) is 8.22. The van der Waals surface area contributed by atoms with Crippen molar-refractivity contribution >= 4 is 5.97 Å². The second-order valence-corrected chi connectivity index (χ2v) is 3.22. The Morgan fingerprint density at radius 1 is 1.12 bits per heavy atom. The summed E-state index contributed by atoms with van der Waals surface area (Å²) < 4.78 is 12.7. The maximum absolute atomic E-state index is 12.7. The first-order chi connectivity index (χ1) is 7.66. The Kier molecular flexibility index (Phi) is 2.64. The number of aromatic nitrogens is 1. The maximum atomic E-state index is 12.7. The summed E-state index contributed by atoms with van der Waals surface area (Å²) in [7, 11) is 0. The molecule has 0 saturated carbocycles. The number of rotatable bonds is 2. The molecule has 0 aliphatic heterocycles. The van der Waals surface area contributed by atoms with Crippen molar-refractivity contribution in [1.82, 2.24) is 4.98 Å². The average Bonchev–Trinajstić information content (AvgIpc) is 2.30. The quantitative estimate of drug-likeness (QED) is 0.841. The van der Waals surface area contributed by atoms with E-state index in [1.807, 2.05) is 0 Å². The van der Waals surface area contributed by atoms with Crippen LogP contribution in [0.25, 0.3) is 11.3 Å². The molecule has 1 aromatic heterocycles. The van der Waals surface area contributed by atoms with Crippen LogP contribution in [-0.2, 0) is 0 Å². The van der Waals surface area contributed by atoms with Gasteiger partial charge in [0, 0.05) is 5.56 Å². The summed E-state index contributed by atoms with van der Waals surface area (Å²) in [5.74, 6) is -1.41. The van der Waals surface area contributed by atoms with Crippen LogP contribution in [0.15, 0.2) is 42.5 Å². The van der Waals surface area contributed by atoms with E-state index in [1.54, 1.807) is 24.3 Å². The fourth-order valence-electron chi connectivity index (χ4n) is 1.34. The SMILES string of the molecule is O=C(O)c1cccc(-c2ccc(F)cc2)n1. The number of benzene rings is 1. The number of aromatic carboxylic acids is 1. The van der Waals surface area contributed by atoms with Gasteiger partial charge in [0.1, 0.15) is 11.5 Å². The van der Waals surface area contributed by atoms with Gasteiger partial charge in [-0.3, -0.25) is 0 Å². The zero-order valence-corrected chi connectivity index (χ0v) is 8.22. The van der Waals surface area contributed by atoms with Gasteiger partial charge in [0.05, 0.1) is 5.69 Å². The lowest BCUT2D eigenvalue weighted by Gasteiger charge is -2.01. The molecule has 3 nitrogen and oxygen atoms in total. The van der Waals surface area contributed by atoms with Gasteiger partial charge in [-0.05, 0) is 36.4 Å². The molecule has 2 aromatic rings.